The van der Waals surface area contributed by atoms with Gasteiger partial charge in [-0.3, -0.25) is 4.79 Å². The molecule has 0 aliphatic carbocycles. The first-order valence-electron chi connectivity index (χ1n) is 7.30. The Morgan fingerprint density at radius 1 is 1.16 bits per heavy atom. The number of aromatic nitrogens is 1. The van der Waals surface area contributed by atoms with Crippen LogP contribution in [0.5, 0.6) is 0 Å². The first kappa shape index (κ1) is 19.4. The largest absolute Gasteiger partial charge is 0.593 e. The highest BCUT2D eigenvalue weighted by Crippen LogP contribution is 2.20. The third-order valence-corrected chi connectivity index (χ3v) is 4.52. The molecule has 1 amide bonds. The number of hydrogen-bond donors (Lipinski definition) is 2. The highest BCUT2D eigenvalue weighted by atomic mass is 32.2. The summed E-state index contributed by atoms with van der Waals surface area (Å²) in [6.45, 7) is 5.54. The monoisotopic (exact) mass is 373 g/mol. The molecule has 2 N–H and O–H groups in total. The zero-order valence-electron chi connectivity index (χ0n) is 14.1. The fourth-order valence-corrected chi connectivity index (χ4v) is 3.17. The van der Waals surface area contributed by atoms with Crippen LogP contribution in [0.4, 0.5) is 18.9 Å². The van der Waals surface area contributed by atoms with Crippen molar-refractivity contribution in [3.8, 4) is 0 Å². The minimum Gasteiger partial charge on any atom is -0.593 e. The molecule has 2 rings (SSSR count). The summed E-state index contributed by atoms with van der Waals surface area (Å²) < 4.78 is 55.9. The molecule has 1 unspecified atom stereocenters. The summed E-state index contributed by atoms with van der Waals surface area (Å²) in [5.41, 5.74) is -0.492. The molecule has 0 saturated heterocycles. The number of aryl methyl sites for hydroxylation is 1. The smallest absolute Gasteiger partial charge is 0.272 e. The van der Waals surface area contributed by atoms with Gasteiger partial charge in [-0.15, -0.1) is 4.72 Å². The van der Waals surface area contributed by atoms with Gasteiger partial charge in [0.1, 0.15) is 5.69 Å². The zero-order chi connectivity index (χ0) is 18.9. The van der Waals surface area contributed by atoms with Crippen molar-refractivity contribution in [3.05, 3.63) is 47.5 Å². The van der Waals surface area contributed by atoms with Crippen molar-refractivity contribution in [2.45, 2.75) is 31.2 Å². The number of carbonyl (C=O) groups is 1. The van der Waals surface area contributed by atoms with Crippen molar-refractivity contribution in [2.75, 3.05) is 5.32 Å². The Hall–Kier alpha value is -1.97. The number of amides is 1. The van der Waals surface area contributed by atoms with E-state index in [4.69, 9.17) is 0 Å². The molecule has 2 aromatic rings. The molecule has 0 radical (unpaired) electrons. The Bertz CT molecular complexity index is 779. The summed E-state index contributed by atoms with van der Waals surface area (Å²) in [5, 5.41) is 2.28. The minimum absolute atomic E-state index is 0.129. The number of nitrogens with zero attached hydrogens (tertiary/aromatic N) is 1. The average Bonchev–Trinajstić information content (AvgIpc) is 2.85. The topological polar surface area (TPSA) is 69.1 Å². The Kier molecular flexibility index (Phi) is 5.50. The molecule has 5 nitrogen and oxygen atoms in total. The van der Waals surface area contributed by atoms with E-state index in [1.807, 2.05) is 20.8 Å². The van der Waals surface area contributed by atoms with Crippen LogP contribution in [0.3, 0.4) is 0 Å². The number of halogens is 3. The van der Waals surface area contributed by atoms with E-state index >= 15 is 0 Å². The molecule has 9 heteroatoms. The predicted molar refractivity (Wildman–Crippen MR) is 89.0 cm³/mol. The second-order valence-corrected chi connectivity index (χ2v) is 7.71. The molecule has 1 aromatic heterocycles. The van der Waals surface area contributed by atoms with Gasteiger partial charge in [-0.05, 0) is 20.8 Å². The Morgan fingerprint density at radius 3 is 2.24 bits per heavy atom. The van der Waals surface area contributed by atoms with Crippen molar-refractivity contribution in [3.63, 3.8) is 0 Å². The molecule has 0 bridgehead atoms. The summed E-state index contributed by atoms with van der Waals surface area (Å²) in [4.78, 5) is 12.6. The highest BCUT2D eigenvalue weighted by molar-refractivity contribution is 7.89. The van der Waals surface area contributed by atoms with Crippen LogP contribution in [-0.4, -0.2) is 20.6 Å². The standard InChI is InChI=1S/C16H18F3N3O2S/c1-16(2,3)21-25(24)10-7-13(22(4)8-10)15(23)20-9-5-11(17)14(19)12(18)6-9/h5-8,21H,1-4H3,(H,20,23). The summed E-state index contributed by atoms with van der Waals surface area (Å²) in [6, 6.07) is 2.76. The van der Waals surface area contributed by atoms with E-state index in [1.165, 1.54) is 16.8 Å². The quantitative estimate of drug-likeness (QED) is 0.639. The molecule has 1 atom stereocenters. The van der Waals surface area contributed by atoms with Crippen LogP contribution in [0.2, 0.25) is 0 Å². The maximum atomic E-state index is 13.2. The van der Waals surface area contributed by atoms with Crippen LogP contribution in [0.25, 0.3) is 0 Å². The maximum absolute atomic E-state index is 13.2. The highest BCUT2D eigenvalue weighted by Gasteiger charge is 2.24. The summed E-state index contributed by atoms with van der Waals surface area (Å²) in [6.07, 6.45) is 1.51. The van der Waals surface area contributed by atoms with Crippen molar-refractivity contribution in [2.24, 2.45) is 7.05 Å². The van der Waals surface area contributed by atoms with Gasteiger partial charge < -0.3 is 14.4 Å². The van der Waals surface area contributed by atoms with Crippen LogP contribution < -0.4 is 10.0 Å². The van der Waals surface area contributed by atoms with Crippen molar-refractivity contribution in [1.82, 2.24) is 9.29 Å². The van der Waals surface area contributed by atoms with Gasteiger partial charge in [0.05, 0.1) is 23.1 Å². The van der Waals surface area contributed by atoms with Gasteiger partial charge in [-0.2, -0.15) is 0 Å². The second-order valence-electron chi connectivity index (χ2n) is 6.50. The van der Waals surface area contributed by atoms with E-state index in [1.54, 1.807) is 7.05 Å². The molecule has 1 heterocycles. The van der Waals surface area contributed by atoms with Crippen LogP contribution in [0.1, 0.15) is 31.3 Å². The first-order valence-corrected chi connectivity index (χ1v) is 8.45. The molecule has 0 aliphatic heterocycles. The van der Waals surface area contributed by atoms with E-state index < -0.39 is 40.3 Å². The lowest BCUT2D eigenvalue weighted by Gasteiger charge is -2.20. The number of carbonyl (C=O) groups excluding carboxylic acids is 1. The van der Waals surface area contributed by atoms with Crippen LogP contribution >= 0.6 is 0 Å². The average molecular weight is 373 g/mol. The number of rotatable bonds is 4. The van der Waals surface area contributed by atoms with Gasteiger partial charge in [-0.1, -0.05) is 0 Å². The Morgan fingerprint density at radius 2 is 1.72 bits per heavy atom. The Labute approximate surface area is 146 Å². The van der Waals surface area contributed by atoms with Crippen molar-refractivity contribution < 1.29 is 22.5 Å². The lowest BCUT2D eigenvalue weighted by molar-refractivity contribution is 0.101. The van der Waals surface area contributed by atoms with E-state index in [0.717, 1.165) is 0 Å². The molecule has 136 valence electrons. The molecule has 1 aromatic carbocycles. The SMILES string of the molecule is Cn1cc([S+]([O-])NC(C)(C)C)cc1C(=O)Nc1cc(F)c(F)c(F)c1. The molecule has 0 aliphatic rings. The van der Waals surface area contributed by atoms with Gasteiger partial charge >= 0.3 is 0 Å². The number of hydrogen-bond acceptors (Lipinski definition) is 3. The molecule has 25 heavy (non-hydrogen) atoms. The maximum Gasteiger partial charge on any atom is 0.272 e. The molecular weight excluding hydrogens is 355 g/mol. The summed E-state index contributed by atoms with van der Waals surface area (Å²) >= 11 is -1.54. The Balaban J connectivity index is 2.20. The lowest BCUT2D eigenvalue weighted by Crippen LogP contribution is -2.40. The normalized spacial score (nSPS) is 13.0. The van der Waals surface area contributed by atoms with E-state index in [-0.39, 0.29) is 11.4 Å². The van der Waals surface area contributed by atoms with Gasteiger partial charge in [0, 0.05) is 30.9 Å². The van der Waals surface area contributed by atoms with Crippen molar-refractivity contribution >= 4 is 23.0 Å². The third-order valence-electron chi connectivity index (χ3n) is 3.07. The lowest BCUT2D eigenvalue weighted by atomic mass is 10.1. The second kappa shape index (κ2) is 7.11. The minimum atomic E-state index is -1.61. The van der Waals surface area contributed by atoms with Gasteiger partial charge in [0.2, 0.25) is 0 Å². The third kappa shape index (κ3) is 4.77. The summed E-state index contributed by atoms with van der Waals surface area (Å²) in [7, 11) is 1.57. The zero-order valence-corrected chi connectivity index (χ0v) is 14.9. The molecule has 0 saturated carbocycles. The fraction of sp³-hybridized carbons (Fsp3) is 0.312. The molecule has 0 fully saturated rings. The first-order chi connectivity index (χ1) is 11.5. The van der Waals surface area contributed by atoms with Crippen LogP contribution in [0, 0.1) is 17.5 Å². The predicted octanol–water partition coefficient (Wildman–Crippen LogP) is 3.11. The number of anilines is 1. The fourth-order valence-electron chi connectivity index (χ4n) is 2.02. The van der Waals surface area contributed by atoms with Crippen LogP contribution in [-0.2, 0) is 18.4 Å². The van der Waals surface area contributed by atoms with Crippen LogP contribution in [0.15, 0.2) is 29.3 Å². The van der Waals surface area contributed by atoms with E-state index in [0.29, 0.717) is 17.0 Å². The van der Waals surface area contributed by atoms with Gasteiger partial charge in [0.15, 0.2) is 22.3 Å². The van der Waals surface area contributed by atoms with E-state index in [9.17, 15) is 22.5 Å². The number of nitrogens with one attached hydrogen (secondary N) is 2. The van der Waals surface area contributed by atoms with Gasteiger partial charge in [0.25, 0.3) is 5.91 Å². The number of benzene rings is 1. The van der Waals surface area contributed by atoms with E-state index in [2.05, 4.69) is 10.0 Å². The molecular formula is C16H18F3N3O2S. The van der Waals surface area contributed by atoms with Gasteiger partial charge in [-0.25, -0.2) is 13.2 Å². The molecule has 0 spiro atoms. The summed E-state index contributed by atoms with van der Waals surface area (Å²) in [5.74, 6) is -5.09. The van der Waals surface area contributed by atoms with Crippen molar-refractivity contribution in [1.29, 1.82) is 0 Å².